The molecular weight excluding hydrogens is 214 g/mol. The lowest BCUT2D eigenvalue weighted by molar-refractivity contribution is -0.126. The molecule has 1 saturated carbocycles. The Labute approximate surface area is 105 Å². The molecule has 17 heavy (non-hydrogen) atoms. The molecule has 0 heterocycles. The molecule has 0 saturated heterocycles. The second-order valence-electron chi connectivity index (χ2n) is 6.91. The first-order valence-electron chi connectivity index (χ1n) is 6.68. The van der Waals surface area contributed by atoms with Crippen LogP contribution in [0.15, 0.2) is 0 Å². The van der Waals surface area contributed by atoms with Gasteiger partial charge in [-0.3, -0.25) is 4.79 Å². The van der Waals surface area contributed by atoms with Crippen molar-refractivity contribution in [1.82, 2.24) is 5.32 Å². The molecule has 0 atom stereocenters. The maximum Gasteiger partial charge on any atom is 0.221 e. The molecule has 2 N–H and O–H groups in total. The van der Waals surface area contributed by atoms with E-state index in [1.165, 1.54) is 0 Å². The molecule has 0 bridgehead atoms. The summed E-state index contributed by atoms with van der Waals surface area (Å²) in [5.41, 5.74) is -0.350. The number of aliphatic hydroxyl groups excluding tert-OH is 1. The van der Waals surface area contributed by atoms with Crippen LogP contribution < -0.4 is 5.32 Å². The van der Waals surface area contributed by atoms with Crippen molar-refractivity contribution in [3.05, 3.63) is 0 Å². The topological polar surface area (TPSA) is 49.3 Å². The molecule has 0 aliphatic heterocycles. The van der Waals surface area contributed by atoms with Crippen LogP contribution in [0.5, 0.6) is 0 Å². The summed E-state index contributed by atoms with van der Waals surface area (Å²) in [5.74, 6) is 0.787. The van der Waals surface area contributed by atoms with Crippen LogP contribution in [0.25, 0.3) is 0 Å². The molecule has 1 amide bonds. The van der Waals surface area contributed by atoms with Crippen molar-refractivity contribution in [3.63, 3.8) is 0 Å². The first-order valence-corrected chi connectivity index (χ1v) is 6.68. The largest absolute Gasteiger partial charge is 0.394 e. The van der Waals surface area contributed by atoms with E-state index in [2.05, 4.69) is 33.0 Å². The summed E-state index contributed by atoms with van der Waals surface area (Å²) in [6.45, 7) is 8.47. The summed E-state index contributed by atoms with van der Waals surface area (Å²) < 4.78 is 0. The van der Waals surface area contributed by atoms with Gasteiger partial charge in [0, 0.05) is 6.42 Å². The van der Waals surface area contributed by atoms with Gasteiger partial charge in [0.1, 0.15) is 0 Å². The third-order valence-corrected chi connectivity index (χ3v) is 3.63. The minimum atomic E-state index is -0.352. The normalized spacial score (nSPS) is 30.1. The number of aliphatic hydroxyl groups is 1. The highest BCUT2D eigenvalue weighted by molar-refractivity contribution is 5.77. The predicted molar refractivity (Wildman–Crippen MR) is 69.7 cm³/mol. The van der Waals surface area contributed by atoms with E-state index in [0.29, 0.717) is 12.3 Å². The Bertz CT molecular complexity index is 260. The Balaban J connectivity index is 2.54. The summed E-state index contributed by atoms with van der Waals surface area (Å²) in [7, 11) is 0. The maximum absolute atomic E-state index is 12.0. The highest BCUT2D eigenvalue weighted by atomic mass is 16.3. The highest BCUT2D eigenvalue weighted by Gasteiger charge is 2.35. The summed E-state index contributed by atoms with van der Waals surface area (Å²) >= 11 is 0. The van der Waals surface area contributed by atoms with Gasteiger partial charge in [-0.15, -0.1) is 0 Å². The van der Waals surface area contributed by atoms with Crippen molar-refractivity contribution in [2.45, 2.75) is 65.3 Å². The summed E-state index contributed by atoms with van der Waals surface area (Å²) in [5, 5.41) is 12.6. The second-order valence-corrected chi connectivity index (χ2v) is 6.91. The van der Waals surface area contributed by atoms with E-state index < -0.39 is 0 Å². The van der Waals surface area contributed by atoms with Gasteiger partial charge >= 0.3 is 0 Å². The van der Waals surface area contributed by atoms with E-state index in [1.54, 1.807) is 0 Å². The van der Waals surface area contributed by atoms with Gasteiger partial charge in [0.25, 0.3) is 0 Å². The first kappa shape index (κ1) is 14.5. The zero-order chi connectivity index (χ0) is 13.1. The summed E-state index contributed by atoms with van der Waals surface area (Å²) in [6, 6.07) is 0. The Kier molecular flexibility index (Phi) is 4.59. The molecule has 0 aromatic carbocycles. The first-order chi connectivity index (χ1) is 7.76. The molecule has 1 aliphatic rings. The van der Waals surface area contributed by atoms with Gasteiger partial charge in [-0.25, -0.2) is 0 Å². The molecule has 3 heteroatoms. The van der Waals surface area contributed by atoms with Gasteiger partial charge in [-0.2, -0.15) is 0 Å². The molecule has 1 fully saturated rings. The smallest absolute Gasteiger partial charge is 0.221 e. The zero-order valence-electron chi connectivity index (χ0n) is 11.7. The lowest BCUT2D eigenvalue weighted by Gasteiger charge is -2.39. The average Bonchev–Trinajstić information content (AvgIpc) is 2.19. The highest BCUT2D eigenvalue weighted by Crippen LogP contribution is 2.32. The van der Waals surface area contributed by atoms with Crippen LogP contribution in [-0.4, -0.2) is 23.2 Å². The Morgan fingerprint density at radius 3 is 2.29 bits per heavy atom. The summed E-state index contributed by atoms with van der Waals surface area (Å²) in [4.78, 5) is 12.0. The standard InChI is InChI=1S/C14H27NO2/c1-11-5-7-14(10-16,8-6-11)15-12(17)9-13(2,3)4/h11,16H,5-10H2,1-4H3,(H,15,17). The molecule has 100 valence electrons. The van der Waals surface area contributed by atoms with E-state index >= 15 is 0 Å². The van der Waals surface area contributed by atoms with Crippen molar-refractivity contribution >= 4 is 5.91 Å². The van der Waals surface area contributed by atoms with Crippen LogP contribution in [0, 0.1) is 11.3 Å². The van der Waals surface area contributed by atoms with Crippen molar-refractivity contribution in [1.29, 1.82) is 0 Å². The van der Waals surface area contributed by atoms with Gasteiger partial charge < -0.3 is 10.4 Å². The van der Waals surface area contributed by atoms with Gasteiger partial charge in [0.05, 0.1) is 12.1 Å². The number of hydrogen-bond acceptors (Lipinski definition) is 2. The Morgan fingerprint density at radius 2 is 1.88 bits per heavy atom. The Hall–Kier alpha value is -0.570. The van der Waals surface area contributed by atoms with Gasteiger partial charge in [-0.1, -0.05) is 27.7 Å². The lowest BCUT2D eigenvalue weighted by Crippen LogP contribution is -2.53. The van der Waals surface area contributed by atoms with Crippen molar-refractivity contribution in [2.24, 2.45) is 11.3 Å². The third kappa shape index (κ3) is 4.66. The molecule has 1 rings (SSSR count). The second kappa shape index (κ2) is 5.38. The zero-order valence-corrected chi connectivity index (χ0v) is 11.7. The molecular formula is C14H27NO2. The van der Waals surface area contributed by atoms with Crippen molar-refractivity contribution < 1.29 is 9.90 Å². The van der Waals surface area contributed by atoms with Crippen molar-refractivity contribution in [3.8, 4) is 0 Å². The minimum Gasteiger partial charge on any atom is -0.394 e. The number of amides is 1. The molecule has 0 spiro atoms. The van der Waals surface area contributed by atoms with Crippen molar-refractivity contribution in [2.75, 3.05) is 6.61 Å². The molecule has 3 nitrogen and oxygen atoms in total. The lowest BCUT2D eigenvalue weighted by atomic mass is 9.77. The van der Waals surface area contributed by atoms with E-state index in [4.69, 9.17) is 0 Å². The Morgan fingerprint density at radius 1 is 1.35 bits per heavy atom. The fourth-order valence-corrected chi connectivity index (χ4v) is 2.46. The van der Waals surface area contributed by atoms with Crippen LogP contribution in [0.3, 0.4) is 0 Å². The maximum atomic E-state index is 12.0. The van der Waals surface area contributed by atoms with Crippen LogP contribution >= 0.6 is 0 Å². The van der Waals surface area contributed by atoms with Gasteiger partial charge in [0.2, 0.25) is 5.91 Å². The van der Waals surface area contributed by atoms with E-state index in [1.807, 2.05) is 0 Å². The van der Waals surface area contributed by atoms with Crippen LogP contribution in [0.2, 0.25) is 0 Å². The molecule has 0 unspecified atom stereocenters. The minimum absolute atomic E-state index is 0.00267. The molecule has 0 aromatic heterocycles. The van der Waals surface area contributed by atoms with Crippen LogP contribution in [0.4, 0.5) is 0 Å². The van der Waals surface area contributed by atoms with E-state index in [0.717, 1.165) is 25.7 Å². The summed E-state index contributed by atoms with van der Waals surface area (Å²) in [6.07, 6.45) is 4.51. The monoisotopic (exact) mass is 241 g/mol. The number of hydrogen-bond donors (Lipinski definition) is 2. The fraction of sp³-hybridized carbons (Fsp3) is 0.929. The SMILES string of the molecule is CC1CCC(CO)(NC(=O)CC(C)(C)C)CC1. The number of carbonyl (C=O) groups excluding carboxylic acids is 1. The molecule has 1 aliphatic carbocycles. The van der Waals surface area contributed by atoms with Crippen LogP contribution in [-0.2, 0) is 4.79 Å². The van der Waals surface area contributed by atoms with E-state index in [-0.39, 0.29) is 23.5 Å². The van der Waals surface area contributed by atoms with E-state index in [9.17, 15) is 9.90 Å². The third-order valence-electron chi connectivity index (χ3n) is 3.63. The van der Waals surface area contributed by atoms with Gasteiger partial charge in [0.15, 0.2) is 0 Å². The number of rotatable bonds is 3. The van der Waals surface area contributed by atoms with Gasteiger partial charge in [-0.05, 0) is 37.0 Å². The molecule has 0 aromatic rings. The quantitative estimate of drug-likeness (QED) is 0.797. The predicted octanol–water partition coefficient (Wildman–Crippen LogP) is 2.48. The average molecular weight is 241 g/mol. The number of carbonyl (C=O) groups is 1. The fourth-order valence-electron chi connectivity index (χ4n) is 2.46. The van der Waals surface area contributed by atoms with Crippen LogP contribution in [0.1, 0.15) is 59.8 Å². The number of nitrogens with one attached hydrogen (secondary N) is 1. The molecule has 0 radical (unpaired) electrons.